The number of rotatable bonds is 4. The highest BCUT2D eigenvalue weighted by atomic mass is 32.1. The maximum Gasteiger partial charge on any atom is 0.261 e. The van der Waals surface area contributed by atoms with Crippen molar-refractivity contribution in [1.29, 1.82) is 0 Å². The molecule has 2 N–H and O–H groups in total. The van der Waals surface area contributed by atoms with Gasteiger partial charge in [0.1, 0.15) is 0 Å². The summed E-state index contributed by atoms with van der Waals surface area (Å²) in [6, 6.07) is 10.7. The molecule has 3 nitrogen and oxygen atoms in total. The summed E-state index contributed by atoms with van der Waals surface area (Å²) in [7, 11) is 0. The second kappa shape index (κ2) is 6.63. The minimum atomic E-state index is 0.0395. The Balaban J connectivity index is 1.66. The van der Waals surface area contributed by atoms with Crippen LogP contribution in [0.25, 0.3) is 0 Å². The first-order chi connectivity index (χ1) is 10.7. The van der Waals surface area contributed by atoms with Crippen LogP contribution in [0, 0.1) is 6.92 Å². The molecular weight excluding hydrogens is 292 g/mol. The van der Waals surface area contributed by atoms with Crippen molar-refractivity contribution >= 4 is 17.2 Å². The first-order valence-electron chi connectivity index (χ1n) is 7.87. The molecule has 22 heavy (non-hydrogen) atoms. The molecule has 0 bridgehead atoms. The molecule has 0 spiro atoms. The van der Waals surface area contributed by atoms with Crippen LogP contribution in [0.2, 0.25) is 0 Å². The predicted molar refractivity (Wildman–Crippen MR) is 91.7 cm³/mol. The zero-order valence-electron chi connectivity index (χ0n) is 13.1. The van der Waals surface area contributed by atoms with Crippen molar-refractivity contribution < 1.29 is 4.79 Å². The van der Waals surface area contributed by atoms with Crippen molar-refractivity contribution in [1.82, 2.24) is 10.6 Å². The van der Waals surface area contributed by atoms with E-state index < -0.39 is 0 Å². The Hall–Kier alpha value is -1.65. The van der Waals surface area contributed by atoms with Crippen LogP contribution in [0.4, 0.5) is 0 Å². The zero-order chi connectivity index (χ0) is 15.5. The van der Waals surface area contributed by atoms with Gasteiger partial charge in [-0.15, -0.1) is 11.3 Å². The second-order valence-electron chi connectivity index (χ2n) is 5.74. The second-order valence-corrected chi connectivity index (χ2v) is 6.87. The van der Waals surface area contributed by atoms with Crippen LogP contribution in [-0.4, -0.2) is 19.0 Å². The maximum absolute atomic E-state index is 12.4. The lowest BCUT2D eigenvalue weighted by atomic mass is 9.94. The summed E-state index contributed by atoms with van der Waals surface area (Å²) >= 11 is 1.61. The minimum Gasteiger partial charge on any atom is -0.349 e. The molecule has 1 aliphatic heterocycles. The summed E-state index contributed by atoms with van der Waals surface area (Å²) in [4.78, 5) is 14.5. The van der Waals surface area contributed by atoms with Gasteiger partial charge in [0.2, 0.25) is 0 Å². The largest absolute Gasteiger partial charge is 0.349 e. The lowest BCUT2D eigenvalue weighted by Crippen LogP contribution is -2.38. The third-order valence-corrected chi connectivity index (χ3v) is 5.63. The maximum atomic E-state index is 12.4. The van der Waals surface area contributed by atoms with E-state index in [1.165, 1.54) is 21.6 Å². The van der Waals surface area contributed by atoms with Gasteiger partial charge in [-0.2, -0.15) is 0 Å². The monoisotopic (exact) mass is 314 g/mol. The van der Waals surface area contributed by atoms with Gasteiger partial charge in [-0.1, -0.05) is 31.2 Å². The van der Waals surface area contributed by atoms with Crippen molar-refractivity contribution in [2.45, 2.75) is 32.7 Å². The zero-order valence-corrected chi connectivity index (χ0v) is 13.9. The number of aryl methyl sites for hydroxylation is 2. The SMILES string of the molecule is CCc1sc(C(=O)NCC2NCCc3ccccc32)cc1C. The lowest BCUT2D eigenvalue weighted by molar-refractivity contribution is 0.0953. The third-order valence-electron chi connectivity index (χ3n) is 4.25. The van der Waals surface area contributed by atoms with Crippen LogP contribution < -0.4 is 10.6 Å². The van der Waals surface area contributed by atoms with Gasteiger partial charge in [-0.25, -0.2) is 0 Å². The van der Waals surface area contributed by atoms with E-state index in [0.29, 0.717) is 6.54 Å². The van der Waals surface area contributed by atoms with Crippen molar-refractivity contribution in [2.24, 2.45) is 0 Å². The smallest absolute Gasteiger partial charge is 0.261 e. The molecule has 1 amide bonds. The molecule has 1 atom stereocenters. The summed E-state index contributed by atoms with van der Waals surface area (Å²) in [6.45, 7) is 5.80. The van der Waals surface area contributed by atoms with Gasteiger partial charge in [0.25, 0.3) is 5.91 Å². The van der Waals surface area contributed by atoms with E-state index in [-0.39, 0.29) is 11.9 Å². The third kappa shape index (κ3) is 3.08. The molecule has 2 aromatic rings. The highest BCUT2D eigenvalue weighted by Crippen LogP contribution is 2.24. The highest BCUT2D eigenvalue weighted by molar-refractivity contribution is 7.14. The van der Waals surface area contributed by atoms with Crippen LogP contribution in [0.1, 0.15) is 44.2 Å². The van der Waals surface area contributed by atoms with Gasteiger partial charge >= 0.3 is 0 Å². The fraction of sp³-hybridized carbons (Fsp3) is 0.389. The average Bonchev–Trinajstić information content (AvgIpc) is 2.93. The molecule has 0 aliphatic carbocycles. The molecule has 4 heteroatoms. The van der Waals surface area contributed by atoms with Crippen LogP contribution in [0.3, 0.4) is 0 Å². The van der Waals surface area contributed by atoms with Crippen LogP contribution in [0.15, 0.2) is 30.3 Å². The molecule has 2 heterocycles. The van der Waals surface area contributed by atoms with Gasteiger partial charge < -0.3 is 10.6 Å². The van der Waals surface area contributed by atoms with E-state index in [9.17, 15) is 4.79 Å². The van der Waals surface area contributed by atoms with Gasteiger partial charge in [-0.3, -0.25) is 4.79 Å². The van der Waals surface area contributed by atoms with E-state index in [4.69, 9.17) is 0 Å². The Morgan fingerprint density at radius 2 is 2.23 bits per heavy atom. The number of carbonyl (C=O) groups is 1. The lowest BCUT2D eigenvalue weighted by Gasteiger charge is -2.27. The molecule has 0 saturated carbocycles. The molecule has 0 radical (unpaired) electrons. The number of benzene rings is 1. The Bertz CT molecular complexity index is 677. The van der Waals surface area contributed by atoms with Crippen LogP contribution >= 0.6 is 11.3 Å². The first kappa shape index (κ1) is 15.3. The molecule has 116 valence electrons. The van der Waals surface area contributed by atoms with E-state index in [2.05, 4.69) is 48.7 Å². The van der Waals surface area contributed by atoms with Gasteiger partial charge in [0.15, 0.2) is 0 Å². The summed E-state index contributed by atoms with van der Waals surface area (Å²) in [5.41, 5.74) is 3.92. The number of amides is 1. The first-order valence-corrected chi connectivity index (χ1v) is 8.69. The molecular formula is C18H22N2OS. The molecule has 1 aliphatic rings. The minimum absolute atomic E-state index is 0.0395. The standard InChI is InChI=1S/C18H22N2OS/c1-3-16-12(2)10-17(22-16)18(21)20-11-15-14-7-5-4-6-13(14)8-9-19-15/h4-7,10,15,19H,3,8-9,11H2,1-2H3,(H,20,21). The summed E-state index contributed by atoms with van der Waals surface area (Å²) in [5, 5.41) is 6.58. The molecule has 1 aromatic carbocycles. The molecule has 3 rings (SSSR count). The van der Waals surface area contributed by atoms with Gasteiger partial charge in [-0.05, 0) is 49.1 Å². The molecule has 0 saturated heterocycles. The quantitative estimate of drug-likeness (QED) is 0.909. The molecule has 1 aromatic heterocycles. The Kier molecular flexibility index (Phi) is 4.60. The van der Waals surface area contributed by atoms with Crippen molar-refractivity contribution in [2.75, 3.05) is 13.1 Å². The van der Waals surface area contributed by atoms with Crippen molar-refractivity contribution in [3.63, 3.8) is 0 Å². The topological polar surface area (TPSA) is 41.1 Å². The van der Waals surface area contributed by atoms with E-state index in [1.54, 1.807) is 11.3 Å². The fourth-order valence-electron chi connectivity index (χ4n) is 3.04. The Labute approximate surface area is 135 Å². The van der Waals surface area contributed by atoms with E-state index in [0.717, 1.165) is 24.3 Å². The number of hydrogen-bond donors (Lipinski definition) is 2. The van der Waals surface area contributed by atoms with Crippen molar-refractivity contribution in [3.05, 3.63) is 56.8 Å². The highest BCUT2D eigenvalue weighted by Gasteiger charge is 2.20. The Morgan fingerprint density at radius 1 is 1.41 bits per heavy atom. The number of carbonyl (C=O) groups excluding carboxylic acids is 1. The average molecular weight is 314 g/mol. The number of hydrogen-bond acceptors (Lipinski definition) is 3. The summed E-state index contributed by atoms with van der Waals surface area (Å²) in [6.07, 6.45) is 2.05. The van der Waals surface area contributed by atoms with E-state index >= 15 is 0 Å². The molecule has 1 unspecified atom stereocenters. The normalized spacial score (nSPS) is 17.1. The number of thiophene rings is 1. The van der Waals surface area contributed by atoms with Crippen LogP contribution in [-0.2, 0) is 12.8 Å². The fourth-order valence-corrected chi connectivity index (χ4v) is 4.07. The predicted octanol–water partition coefficient (Wildman–Crippen LogP) is 3.24. The summed E-state index contributed by atoms with van der Waals surface area (Å²) in [5.74, 6) is 0.0395. The summed E-state index contributed by atoms with van der Waals surface area (Å²) < 4.78 is 0. The number of fused-ring (bicyclic) bond motifs is 1. The molecule has 0 fully saturated rings. The van der Waals surface area contributed by atoms with E-state index in [1.807, 2.05) is 6.07 Å². The number of nitrogens with one attached hydrogen (secondary N) is 2. The van der Waals surface area contributed by atoms with Crippen molar-refractivity contribution in [3.8, 4) is 0 Å². The van der Waals surface area contributed by atoms with Crippen LogP contribution in [0.5, 0.6) is 0 Å². The van der Waals surface area contributed by atoms with Gasteiger partial charge in [0, 0.05) is 17.5 Å². The Morgan fingerprint density at radius 3 is 3.00 bits per heavy atom. The van der Waals surface area contributed by atoms with Gasteiger partial charge in [0.05, 0.1) is 4.88 Å².